The molecule has 0 amide bonds. The van der Waals surface area contributed by atoms with Crippen LogP contribution in [0.4, 0.5) is 8.78 Å². The fourth-order valence-corrected chi connectivity index (χ4v) is 1.45. The zero-order chi connectivity index (χ0) is 13.5. The molecule has 4 N–H and O–H groups in total. The van der Waals surface area contributed by atoms with E-state index in [9.17, 15) is 13.6 Å². The largest absolute Gasteiger partial charge is 0.480 e. The molecule has 0 aliphatic carbocycles. The van der Waals surface area contributed by atoms with Gasteiger partial charge in [-0.2, -0.15) is 0 Å². The molecule has 1 aromatic rings. The number of nitrogens with one attached hydrogen (secondary N) is 1. The highest BCUT2D eigenvalue weighted by atomic mass is 19.1. The Labute approximate surface area is 104 Å². The maximum Gasteiger partial charge on any atom is 0.320 e. The molecule has 18 heavy (non-hydrogen) atoms. The Bertz CT molecular complexity index is 413. The van der Waals surface area contributed by atoms with Crippen LogP contribution < -0.4 is 11.1 Å². The average molecular weight is 258 g/mol. The van der Waals surface area contributed by atoms with E-state index in [2.05, 4.69) is 5.32 Å². The molecular formula is C12H16F2N2O2. The number of hydrogen-bond acceptors (Lipinski definition) is 3. The van der Waals surface area contributed by atoms with Crippen LogP contribution in [0, 0.1) is 11.6 Å². The van der Waals surface area contributed by atoms with E-state index < -0.39 is 23.6 Å². The van der Waals surface area contributed by atoms with Crippen molar-refractivity contribution in [3.63, 3.8) is 0 Å². The smallest absolute Gasteiger partial charge is 0.320 e. The standard InChI is InChI=1S/C12H16F2N2O2/c13-9-2-1-8(10(14)7-9)3-5-16-6-4-11(15)12(17)18/h1-2,7,11,16H,3-6,15H2,(H,17,18). The molecule has 6 heteroatoms. The molecule has 0 saturated heterocycles. The second-order valence-corrected chi connectivity index (χ2v) is 3.97. The molecule has 0 aromatic heterocycles. The van der Waals surface area contributed by atoms with Gasteiger partial charge in [0.2, 0.25) is 0 Å². The van der Waals surface area contributed by atoms with Gasteiger partial charge in [-0.15, -0.1) is 0 Å². The number of aliphatic carboxylic acids is 1. The predicted molar refractivity (Wildman–Crippen MR) is 63.2 cm³/mol. The van der Waals surface area contributed by atoms with Crippen LogP contribution in [-0.2, 0) is 11.2 Å². The second-order valence-electron chi connectivity index (χ2n) is 3.97. The van der Waals surface area contributed by atoms with Gasteiger partial charge >= 0.3 is 5.97 Å². The van der Waals surface area contributed by atoms with Crippen LogP contribution in [0.5, 0.6) is 0 Å². The number of carbonyl (C=O) groups is 1. The summed E-state index contributed by atoms with van der Waals surface area (Å²) in [5.74, 6) is -2.21. The highest BCUT2D eigenvalue weighted by Crippen LogP contribution is 2.09. The van der Waals surface area contributed by atoms with Crippen molar-refractivity contribution in [3.8, 4) is 0 Å². The first kappa shape index (κ1) is 14.5. The van der Waals surface area contributed by atoms with Gasteiger partial charge in [-0.1, -0.05) is 6.07 Å². The van der Waals surface area contributed by atoms with Gasteiger partial charge < -0.3 is 16.2 Å². The molecule has 1 aromatic carbocycles. The van der Waals surface area contributed by atoms with Gasteiger partial charge in [-0.25, -0.2) is 8.78 Å². The highest BCUT2D eigenvalue weighted by Gasteiger charge is 2.10. The van der Waals surface area contributed by atoms with Crippen LogP contribution >= 0.6 is 0 Å². The van der Waals surface area contributed by atoms with Crippen LogP contribution in [0.15, 0.2) is 18.2 Å². The second kappa shape index (κ2) is 7.03. The molecule has 0 radical (unpaired) electrons. The van der Waals surface area contributed by atoms with Crippen molar-refractivity contribution in [2.45, 2.75) is 18.9 Å². The average Bonchev–Trinajstić information content (AvgIpc) is 2.30. The van der Waals surface area contributed by atoms with Crippen molar-refractivity contribution in [1.82, 2.24) is 5.32 Å². The SMILES string of the molecule is NC(CCNCCc1ccc(F)cc1F)C(=O)O. The number of benzene rings is 1. The van der Waals surface area contributed by atoms with Crippen molar-refractivity contribution < 1.29 is 18.7 Å². The molecule has 100 valence electrons. The summed E-state index contributed by atoms with van der Waals surface area (Å²) >= 11 is 0. The van der Waals surface area contributed by atoms with Crippen molar-refractivity contribution in [2.24, 2.45) is 5.73 Å². The zero-order valence-electron chi connectivity index (χ0n) is 9.83. The van der Waals surface area contributed by atoms with Crippen LogP contribution in [0.1, 0.15) is 12.0 Å². The summed E-state index contributed by atoms with van der Waals surface area (Å²) in [6.07, 6.45) is 0.718. The minimum atomic E-state index is -1.04. The number of carboxylic acids is 1. The van der Waals surface area contributed by atoms with E-state index in [1.165, 1.54) is 12.1 Å². The Balaban J connectivity index is 2.24. The van der Waals surface area contributed by atoms with Gasteiger partial charge in [0, 0.05) is 6.07 Å². The Morgan fingerprint density at radius 2 is 2.11 bits per heavy atom. The van der Waals surface area contributed by atoms with Crippen molar-refractivity contribution in [2.75, 3.05) is 13.1 Å². The summed E-state index contributed by atoms with van der Waals surface area (Å²) in [5, 5.41) is 11.5. The van der Waals surface area contributed by atoms with Crippen LogP contribution in [0.25, 0.3) is 0 Å². The lowest BCUT2D eigenvalue weighted by Gasteiger charge is -2.08. The predicted octanol–water partition coefficient (Wildman–Crippen LogP) is 0.899. The zero-order valence-corrected chi connectivity index (χ0v) is 9.83. The van der Waals surface area contributed by atoms with E-state index in [-0.39, 0.29) is 0 Å². The molecule has 1 rings (SSSR count). The quantitative estimate of drug-likeness (QED) is 0.635. The van der Waals surface area contributed by atoms with Crippen LogP contribution in [-0.4, -0.2) is 30.2 Å². The first-order valence-corrected chi connectivity index (χ1v) is 5.63. The Kier molecular flexibility index (Phi) is 5.67. The third-order valence-electron chi connectivity index (χ3n) is 2.54. The first-order chi connectivity index (χ1) is 8.50. The maximum atomic E-state index is 13.2. The number of nitrogens with two attached hydrogens (primary N) is 1. The molecule has 0 spiro atoms. The Hall–Kier alpha value is -1.53. The summed E-state index contributed by atoms with van der Waals surface area (Å²) in [4.78, 5) is 10.4. The normalized spacial score (nSPS) is 12.4. The summed E-state index contributed by atoms with van der Waals surface area (Å²) in [5.41, 5.74) is 5.73. The third kappa shape index (κ3) is 4.77. The third-order valence-corrected chi connectivity index (χ3v) is 2.54. The first-order valence-electron chi connectivity index (χ1n) is 5.63. The number of hydrogen-bond donors (Lipinski definition) is 3. The highest BCUT2D eigenvalue weighted by molar-refractivity contribution is 5.72. The Morgan fingerprint density at radius 1 is 1.39 bits per heavy atom. The van der Waals surface area contributed by atoms with E-state index in [0.29, 0.717) is 31.5 Å². The van der Waals surface area contributed by atoms with Gasteiger partial charge in [0.1, 0.15) is 17.7 Å². The summed E-state index contributed by atoms with van der Waals surface area (Å²) in [7, 11) is 0. The molecule has 0 saturated carbocycles. The van der Waals surface area contributed by atoms with Gasteiger partial charge in [-0.3, -0.25) is 4.79 Å². The van der Waals surface area contributed by atoms with Gasteiger partial charge in [0.05, 0.1) is 0 Å². The molecule has 0 bridgehead atoms. The number of carboxylic acid groups (broad SMARTS) is 1. The summed E-state index contributed by atoms with van der Waals surface area (Å²) in [6, 6.07) is 2.56. The fourth-order valence-electron chi connectivity index (χ4n) is 1.45. The van der Waals surface area contributed by atoms with E-state index in [0.717, 1.165) is 6.07 Å². The summed E-state index contributed by atoms with van der Waals surface area (Å²) < 4.78 is 25.9. The van der Waals surface area contributed by atoms with Crippen molar-refractivity contribution in [1.29, 1.82) is 0 Å². The monoisotopic (exact) mass is 258 g/mol. The van der Waals surface area contributed by atoms with Crippen molar-refractivity contribution >= 4 is 5.97 Å². The van der Waals surface area contributed by atoms with Crippen molar-refractivity contribution in [3.05, 3.63) is 35.4 Å². The molecule has 1 atom stereocenters. The van der Waals surface area contributed by atoms with Gasteiger partial charge in [-0.05, 0) is 37.6 Å². The number of halogens is 2. The van der Waals surface area contributed by atoms with E-state index in [4.69, 9.17) is 10.8 Å². The maximum absolute atomic E-state index is 13.2. The van der Waals surface area contributed by atoms with Crippen LogP contribution in [0.2, 0.25) is 0 Å². The van der Waals surface area contributed by atoms with E-state index in [1.807, 2.05) is 0 Å². The molecule has 0 aliphatic rings. The molecule has 0 heterocycles. The topological polar surface area (TPSA) is 75.3 Å². The van der Waals surface area contributed by atoms with E-state index in [1.54, 1.807) is 0 Å². The number of rotatable bonds is 7. The van der Waals surface area contributed by atoms with E-state index >= 15 is 0 Å². The molecular weight excluding hydrogens is 242 g/mol. The van der Waals surface area contributed by atoms with Crippen LogP contribution in [0.3, 0.4) is 0 Å². The van der Waals surface area contributed by atoms with Gasteiger partial charge in [0.25, 0.3) is 0 Å². The fraction of sp³-hybridized carbons (Fsp3) is 0.417. The minimum Gasteiger partial charge on any atom is -0.480 e. The summed E-state index contributed by atoms with van der Waals surface area (Å²) in [6.45, 7) is 0.922. The van der Waals surface area contributed by atoms with Gasteiger partial charge in [0.15, 0.2) is 0 Å². The molecule has 0 aliphatic heterocycles. The Morgan fingerprint density at radius 3 is 2.72 bits per heavy atom. The molecule has 1 unspecified atom stereocenters. The molecule has 4 nitrogen and oxygen atoms in total. The molecule has 0 fully saturated rings. The lowest BCUT2D eigenvalue weighted by atomic mass is 10.1. The lowest BCUT2D eigenvalue weighted by Crippen LogP contribution is -2.34. The minimum absolute atomic E-state index is 0.307. The lowest BCUT2D eigenvalue weighted by molar-refractivity contribution is -0.138.